The Kier molecular flexibility index (Phi) is 6.27. The van der Waals surface area contributed by atoms with Gasteiger partial charge in [0.05, 0.1) is 13.7 Å². The number of rotatable bonds is 7. The maximum Gasteiger partial charge on any atom is 0.328 e. The van der Waals surface area contributed by atoms with Gasteiger partial charge >= 0.3 is 5.69 Å². The van der Waals surface area contributed by atoms with E-state index in [0.29, 0.717) is 29.0 Å². The van der Waals surface area contributed by atoms with E-state index < -0.39 is 11.2 Å². The second-order valence-corrected chi connectivity index (χ2v) is 8.37. The molecular weight excluding hydrogens is 416 g/mol. The molecule has 4 rings (SSSR count). The summed E-state index contributed by atoms with van der Waals surface area (Å²) in [5, 5.41) is 2.19. The second-order valence-electron chi connectivity index (χ2n) is 8.37. The van der Waals surface area contributed by atoms with Crippen LogP contribution in [0.5, 0.6) is 5.75 Å². The lowest BCUT2D eigenvalue weighted by molar-refractivity contribution is 0.0969. The number of methoxy groups -OCH3 is 1. The van der Waals surface area contributed by atoms with Crippen LogP contribution in [0.2, 0.25) is 0 Å². The first-order chi connectivity index (χ1) is 15.9. The number of aromatic nitrogens is 2. The number of hydrogen-bond donors (Lipinski definition) is 1. The van der Waals surface area contributed by atoms with Crippen molar-refractivity contribution in [1.82, 2.24) is 9.55 Å². The van der Waals surface area contributed by atoms with Crippen LogP contribution in [0.4, 0.5) is 0 Å². The van der Waals surface area contributed by atoms with Gasteiger partial charge in [0, 0.05) is 23.2 Å². The SMILES string of the molecule is COc1ccc(C(=O)Cn2c(Cc3ccc4ccccc4c3)c(C(C)C)c(=O)[nH]c2=O)cc1. The number of benzene rings is 3. The van der Waals surface area contributed by atoms with Crippen LogP contribution in [0.3, 0.4) is 0 Å². The molecule has 0 unspecified atom stereocenters. The predicted molar refractivity (Wildman–Crippen MR) is 129 cm³/mol. The summed E-state index contributed by atoms with van der Waals surface area (Å²) >= 11 is 0. The van der Waals surface area contributed by atoms with Crippen molar-refractivity contribution in [2.24, 2.45) is 0 Å². The summed E-state index contributed by atoms with van der Waals surface area (Å²) in [6.07, 6.45) is 0.368. The zero-order valence-corrected chi connectivity index (χ0v) is 18.9. The minimum atomic E-state index is -0.581. The number of carbonyl (C=O) groups is 1. The highest BCUT2D eigenvalue weighted by Gasteiger charge is 2.20. The third-order valence-corrected chi connectivity index (χ3v) is 5.82. The Morgan fingerprint density at radius 2 is 1.67 bits per heavy atom. The number of Topliss-reactive ketones (excluding diaryl/α,β-unsaturated/α-hetero) is 1. The molecular formula is C27H26N2O4. The summed E-state index contributed by atoms with van der Waals surface area (Å²) in [6, 6.07) is 20.9. The van der Waals surface area contributed by atoms with E-state index in [1.54, 1.807) is 31.4 Å². The smallest absolute Gasteiger partial charge is 0.328 e. The number of fused-ring (bicyclic) bond motifs is 1. The quantitative estimate of drug-likeness (QED) is 0.433. The fourth-order valence-electron chi connectivity index (χ4n) is 4.14. The Hall–Kier alpha value is -3.93. The number of ketones is 1. The Labute approximate surface area is 191 Å². The second kappa shape index (κ2) is 9.28. The molecule has 6 heteroatoms. The van der Waals surface area contributed by atoms with E-state index in [4.69, 9.17) is 4.74 Å². The summed E-state index contributed by atoms with van der Waals surface area (Å²) in [4.78, 5) is 41.0. The molecule has 1 N–H and O–H groups in total. The number of nitrogens with zero attached hydrogens (tertiary/aromatic N) is 1. The van der Waals surface area contributed by atoms with E-state index in [1.165, 1.54) is 4.57 Å². The van der Waals surface area contributed by atoms with E-state index in [-0.39, 0.29) is 18.2 Å². The van der Waals surface area contributed by atoms with Gasteiger partial charge < -0.3 is 4.74 Å². The summed E-state index contributed by atoms with van der Waals surface area (Å²) in [7, 11) is 1.56. The van der Waals surface area contributed by atoms with Crippen LogP contribution in [-0.4, -0.2) is 22.4 Å². The standard InChI is InChI=1S/C27H26N2O4/c1-17(2)25-23(15-18-8-9-19-6-4-5-7-21(19)14-18)29(27(32)28-26(25)31)16-24(30)20-10-12-22(33-3)13-11-20/h4-14,17H,15-16H2,1-3H3,(H,28,31,32). The van der Waals surface area contributed by atoms with Gasteiger partial charge in [-0.3, -0.25) is 19.1 Å². The van der Waals surface area contributed by atoms with Gasteiger partial charge in [-0.05, 0) is 46.5 Å². The molecule has 33 heavy (non-hydrogen) atoms. The van der Waals surface area contributed by atoms with Crippen molar-refractivity contribution in [2.75, 3.05) is 7.11 Å². The molecule has 0 aliphatic carbocycles. The molecule has 0 aliphatic rings. The van der Waals surface area contributed by atoms with Crippen molar-refractivity contribution in [3.05, 3.63) is 110 Å². The van der Waals surface area contributed by atoms with Crippen LogP contribution in [0, 0.1) is 0 Å². The number of H-pyrrole nitrogens is 1. The maximum atomic E-state index is 13.0. The average Bonchev–Trinajstić information content (AvgIpc) is 2.81. The van der Waals surface area contributed by atoms with Crippen LogP contribution in [-0.2, 0) is 13.0 Å². The molecule has 1 aromatic heterocycles. The zero-order valence-electron chi connectivity index (χ0n) is 18.9. The van der Waals surface area contributed by atoms with Crippen molar-refractivity contribution in [2.45, 2.75) is 32.7 Å². The zero-order chi connectivity index (χ0) is 23.5. The molecule has 0 atom stereocenters. The van der Waals surface area contributed by atoms with Crippen molar-refractivity contribution in [3.8, 4) is 5.75 Å². The molecule has 168 valence electrons. The minimum Gasteiger partial charge on any atom is -0.497 e. The van der Waals surface area contributed by atoms with Crippen molar-refractivity contribution in [3.63, 3.8) is 0 Å². The Balaban J connectivity index is 1.78. The molecule has 0 bridgehead atoms. The summed E-state index contributed by atoms with van der Waals surface area (Å²) in [5.74, 6) is 0.306. The summed E-state index contributed by atoms with van der Waals surface area (Å²) in [5.41, 5.74) is 1.53. The topological polar surface area (TPSA) is 81.2 Å². The van der Waals surface area contributed by atoms with Gasteiger partial charge in [-0.2, -0.15) is 0 Å². The monoisotopic (exact) mass is 442 g/mol. The molecule has 4 aromatic rings. The lowest BCUT2D eigenvalue weighted by Crippen LogP contribution is -2.37. The normalized spacial score (nSPS) is 11.2. The van der Waals surface area contributed by atoms with Gasteiger partial charge in [0.2, 0.25) is 0 Å². The van der Waals surface area contributed by atoms with Crippen molar-refractivity contribution < 1.29 is 9.53 Å². The largest absolute Gasteiger partial charge is 0.497 e. The summed E-state index contributed by atoms with van der Waals surface area (Å²) in [6.45, 7) is 3.66. The highest BCUT2D eigenvalue weighted by atomic mass is 16.5. The fourth-order valence-corrected chi connectivity index (χ4v) is 4.14. The van der Waals surface area contributed by atoms with Gasteiger partial charge in [0.25, 0.3) is 5.56 Å². The minimum absolute atomic E-state index is 0.118. The summed E-state index contributed by atoms with van der Waals surface area (Å²) < 4.78 is 6.55. The number of carbonyl (C=O) groups excluding carboxylic acids is 1. The Morgan fingerprint density at radius 1 is 0.970 bits per heavy atom. The molecule has 0 spiro atoms. The van der Waals surface area contributed by atoms with Crippen LogP contribution in [0.15, 0.2) is 76.3 Å². The van der Waals surface area contributed by atoms with Gasteiger partial charge in [0.1, 0.15) is 5.75 Å². The molecule has 0 fully saturated rings. The molecule has 0 amide bonds. The highest BCUT2D eigenvalue weighted by molar-refractivity contribution is 5.96. The number of ether oxygens (including phenoxy) is 1. The first kappa shape index (κ1) is 22.3. The van der Waals surface area contributed by atoms with Gasteiger partial charge in [0.15, 0.2) is 5.78 Å². The number of nitrogens with one attached hydrogen (secondary N) is 1. The van der Waals surface area contributed by atoms with Crippen molar-refractivity contribution >= 4 is 16.6 Å². The third kappa shape index (κ3) is 4.65. The predicted octanol–water partition coefficient (Wildman–Crippen LogP) is 4.30. The molecule has 6 nitrogen and oxygen atoms in total. The third-order valence-electron chi connectivity index (χ3n) is 5.82. The molecule has 0 aliphatic heterocycles. The molecule has 3 aromatic carbocycles. The number of hydrogen-bond acceptors (Lipinski definition) is 4. The van der Waals surface area contributed by atoms with E-state index in [9.17, 15) is 14.4 Å². The van der Waals surface area contributed by atoms with Crippen LogP contribution >= 0.6 is 0 Å². The van der Waals surface area contributed by atoms with E-state index in [1.807, 2.05) is 50.2 Å². The van der Waals surface area contributed by atoms with E-state index in [2.05, 4.69) is 11.1 Å². The van der Waals surface area contributed by atoms with Gasteiger partial charge in [-0.1, -0.05) is 56.3 Å². The first-order valence-corrected chi connectivity index (χ1v) is 10.9. The maximum absolute atomic E-state index is 13.0. The molecule has 0 radical (unpaired) electrons. The van der Waals surface area contributed by atoms with E-state index >= 15 is 0 Å². The van der Waals surface area contributed by atoms with Crippen LogP contribution in [0.1, 0.15) is 46.9 Å². The molecule has 0 saturated heterocycles. The fraction of sp³-hybridized carbons (Fsp3) is 0.222. The lowest BCUT2D eigenvalue weighted by atomic mass is 9.96. The first-order valence-electron chi connectivity index (χ1n) is 10.9. The van der Waals surface area contributed by atoms with Crippen LogP contribution in [0.25, 0.3) is 10.8 Å². The highest BCUT2D eigenvalue weighted by Crippen LogP contribution is 2.22. The van der Waals surface area contributed by atoms with E-state index in [0.717, 1.165) is 16.3 Å². The lowest BCUT2D eigenvalue weighted by Gasteiger charge is -2.18. The van der Waals surface area contributed by atoms with Crippen molar-refractivity contribution in [1.29, 1.82) is 0 Å². The van der Waals surface area contributed by atoms with Crippen LogP contribution < -0.4 is 16.0 Å². The number of aromatic amines is 1. The Morgan fingerprint density at radius 3 is 2.33 bits per heavy atom. The molecule has 0 saturated carbocycles. The molecule has 1 heterocycles. The van der Waals surface area contributed by atoms with Gasteiger partial charge in [-0.25, -0.2) is 4.79 Å². The van der Waals surface area contributed by atoms with Gasteiger partial charge in [-0.15, -0.1) is 0 Å². The average molecular weight is 443 g/mol. The Bertz CT molecular complexity index is 1430.